The van der Waals surface area contributed by atoms with Crippen molar-refractivity contribution in [3.05, 3.63) is 23.5 Å². The van der Waals surface area contributed by atoms with Crippen molar-refractivity contribution in [3.8, 4) is 0 Å². The summed E-state index contributed by atoms with van der Waals surface area (Å²) in [5.41, 5.74) is 2.96. The van der Waals surface area contributed by atoms with Gasteiger partial charge in [0.05, 0.1) is 0 Å². The largest absolute Gasteiger partial charge is 0.459 e. The molecular formula is C16H24O2. The van der Waals surface area contributed by atoms with Gasteiger partial charge in [0.2, 0.25) is 5.79 Å². The van der Waals surface area contributed by atoms with Crippen LogP contribution in [0.15, 0.2) is 23.5 Å². The molecule has 0 saturated heterocycles. The minimum absolute atomic E-state index is 0.378. The van der Waals surface area contributed by atoms with Gasteiger partial charge in [0.1, 0.15) is 5.76 Å². The van der Waals surface area contributed by atoms with E-state index in [1.54, 1.807) is 7.11 Å². The molecule has 100 valence electrons. The van der Waals surface area contributed by atoms with E-state index in [0.29, 0.717) is 5.41 Å². The van der Waals surface area contributed by atoms with E-state index in [-0.39, 0.29) is 0 Å². The molecule has 3 rings (SSSR count). The number of hydrogen-bond donors (Lipinski definition) is 0. The summed E-state index contributed by atoms with van der Waals surface area (Å²) in [5.74, 6) is 1.12. The Morgan fingerprint density at radius 2 is 2.17 bits per heavy atom. The summed E-state index contributed by atoms with van der Waals surface area (Å²) in [6, 6.07) is 0. The van der Waals surface area contributed by atoms with Crippen LogP contribution < -0.4 is 0 Å². The van der Waals surface area contributed by atoms with E-state index in [0.717, 1.165) is 24.5 Å². The summed E-state index contributed by atoms with van der Waals surface area (Å²) in [4.78, 5) is 0. The van der Waals surface area contributed by atoms with Crippen LogP contribution in [0.3, 0.4) is 0 Å². The Balaban J connectivity index is 2.01. The lowest BCUT2D eigenvalue weighted by molar-refractivity contribution is -0.203. The van der Waals surface area contributed by atoms with Gasteiger partial charge in [-0.05, 0) is 43.1 Å². The van der Waals surface area contributed by atoms with Gasteiger partial charge in [0.25, 0.3) is 0 Å². The average Bonchev–Trinajstić information content (AvgIpc) is 2.58. The molecule has 0 radical (unpaired) electrons. The lowest BCUT2D eigenvalue weighted by Crippen LogP contribution is -2.48. The van der Waals surface area contributed by atoms with Crippen LogP contribution in [0.1, 0.15) is 52.4 Å². The van der Waals surface area contributed by atoms with Crippen LogP contribution in [0.4, 0.5) is 0 Å². The molecule has 3 aliphatic rings. The summed E-state index contributed by atoms with van der Waals surface area (Å²) >= 11 is 0. The van der Waals surface area contributed by atoms with Gasteiger partial charge in [-0.2, -0.15) is 0 Å². The van der Waals surface area contributed by atoms with Gasteiger partial charge >= 0.3 is 0 Å². The first kappa shape index (κ1) is 12.3. The Labute approximate surface area is 110 Å². The second-order valence-corrected chi connectivity index (χ2v) is 6.56. The number of rotatable bonds is 1. The molecule has 2 nitrogen and oxygen atoms in total. The molecule has 2 fully saturated rings. The van der Waals surface area contributed by atoms with E-state index in [1.165, 1.54) is 36.8 Å². The highest BCUT2D eigenvalue weighted by molar-refractivity contribution is 5.40. The standard InChI is InChI=1S/C16H24O2/c1-11-12(2)18-16(17-4)10-15(3)8-6-5-7-13(15)9-14(11)16/h13H,2,5-10H2,1,3-4H3/t13-,15-,16+/m1/s1. The molecule has 2 saturated carbocycles. The van der Waals surface area contributed by atoms with E-state index in [4.69, 9.17) is 9.47 Å². The highest BCUT2D eigenvalue weighted by Gasteiger charge is 2.56. The summed E-state index contributed by atoms with van der Waals surface area (Å²) in [7, 11) is 1.78. The molecule has 2 aliphatic carbocycles. The SMILES string of the molecule is C=C1O[C@@]2(OC)C[C@@]3(C)CCCC[C@@H]3CC2=C1C. The maximum Gasteiger partial charge on any atom is 0.234 e. The van der Waals surface area contributed by atoms with E-state index in [9.17, 15) is 0 Å². The first-order chi connectivity index (χ1) is 8.51. The van der Waals surface area contributed by atoms with Gasteiger partial charge < -0.3 is 9.47 Å². The Hall–Kier alpha value is -0.760. The molecule has 0 aromatic rings. The predicted octanol–water partition coefficient (Wildman–Crippen LogP) is 4.18. The molecular weight excluding hydrogens is 224 g/mol. The molecule has 0 aromatic heterocycles. The normalized spacial score (nSPS) is 43.5. The van der Waals surface area contributed by atoms with Gasteiger partial charge in [-0.15, -0.1) is 0 Å². The van der Waals surface area contributed by atoms with Gasteiger partial charge in [0.15, 0.2) is 0 Å². The molecule has 0 N–H and O–H groups in total. The first-order valence-corrected chi connectivity index (χ1v) is 7.14. The maximum absolute atomic E-state index is 6.04. The fraction of sp³-hybridized carbons (Fsp3) is 0.750. The molecule has 2 heteroatoms. The van der Waals surface area contributed by atoms with Crippen LogP contribution in [0.5, 0.6) is 0 Å². The molecule has 0 bridgehead atoms. The lowest BCUT2D eigenvalue weighted by atomic mass is 9.57. The zero-order valence-corrected chi connectivity index (χ0v) is 11.8. The Morgan fingerprint density at radius 1 is 1.39 bits per heavy atom. The van der Waals surface area contributed by atoms with Crippen molar-refractivity contribution in [2.75, 3.05) is 7.11 Å². The van der Waals surface area contributed by atoms with Crippen molar-refractivity contribution in [3.63, 3.8) is 0 Å². The highest BCUT2D eigenvalue weighted by atomic mass is 16.7. The van der Waals surface area contributed by atoms with Crippen LogP contribution in [0, 0.1) is 11.3 Å². The Morgan fingerprint density at radius 3 is 2.89 bits per heavy atom. The van der Waals surface area contributed by atoms with Gasteiger partial charge in [-0.25, -0.2) is 0 Å². The van der Waals surface area contributed by atoms with Crippen LogP contribution in [0.2, 0.25) is 0 Å². The summed E-state index contributed by atoms with van der Waals surface area (Å²) in [6.07, 6.45) is 7.53. The van der Waals surface area contributed by atoms with E-state index < -0.39 is 5.79 Å². The van der Waals surface area contributed by atoms with E-state index >= 15 is 0 Å². The quantitative estimate of drug-likeness (QED) is 0.693. The molecule has 0 aromatic carbocycles. The smallest absolute Gasteiger partial charge is 0.234 e. The van der Waals surface area contributed by atoms with Gasteiger partial charge in [-0.1, -0.05) is 26.3 Å². The van der Waals surface area contributed by atoms with E-state index in [2.05, 4.69) is 20.4 Å². The molecule has 1 aliphatic heterocycles. The van der Waals surface area contributed by atoms with Crippen LogP contribution in [0.25, 0.3) is 0 Å². The minimum Gasteiger partial charge on any atom is -0.459 e. The first-order valence-electron chi connectivity index (χ1n) is 7.14. The van der Waals surface area contributed by atoms with Crippen LogP contribution in [-0.4, -0.2) is 12.9 Å². The second kappa shape index (κ2) is 3.86. The number of allylic oxidation sites excluding steroid dienone is 1. The predicted molar refractivity (Wildman–Crippen MR) is 72.0 cm³/mol. The minimum atomic E-state index is -0.496. The second-order valence-electron chi connectivity index (χ2n) is 6.56. The number of methoxy groups -OCH3 is 1. The topological polar surface area (TPSA) is 18.5 Å². The van der Waals surface area contributed by atoms with Crippen molar-refractivity contribution in [1.29, 1.82) is 0 Å². The zero-order valence-electron chi connectivity index (χ0n) is 11.8. The number of hydrogen-bond acceptors (Lipinski definition) is 2. The molecule has 0 unspecified atom stereocenters. The third-order valence-corrected chi connectivity index (χ3v) is 5.57. The summed E-state index contributed by atoms with van der Waals surface area (Å²) < 4.78 is 11.9. The van der Waals surface area contributed by atoms with Crippen molar-refractivity contribution in [2.24, 2.45) is 11.3 Å². The molecule has 18 heavy (non-hydrogen) atoms. The average molecular weight is 248 g/mol. The zero-order chi connectivity index (χ0) is 13.0. The van der Waals surface area contributed by atoms with Crippen LogP contribution in [-0.2, 0) is 9.47 Å². The number of fused-ring (bicyclic) bond motifs is 2. The third kappa shape index (κ3) is 1.51. The maximum atomic E-state index is 6.04. The van der Waals surface area contributed by atoms with Crippen molar-refractivity contribution in [1.82, 2.24) is 0 Å². The van der Waals surface area contributed by atoms with Crippen LogP contribution >= 0.6 is 0 Å². The Kier molecular flexibility index (Phi) is 2.64. The third-order valence-electron chi connectivity index (χ3n) is 5.57. The summed E-state index contributed by atoms with van der Waals surface area (Å²) in [6.45, 7) is 8.59. The monoisotopic (exact) mass is 248 g/mol. The fourth-order valence-electron chi connectivity index (χ4n) is 4.31. The fourth-order valence-corrected chi connectivity index (χ4v) is 4.31. The van der Waals surface area contributed by atoms with Crippen molar-refractivity contribution in [2.45, 2.75) is 58.2 Å². The number of ether oxygens (including phenoxy) is 2. The molecule has 1 heterocycles. The summed E-state index contributed by atoms with van der Waals surface area (Å²) in [5, 5.41) is 0. The molecule has 0 amide bonds. The van der Waals surface area contributed by atoms with E-state index in [1.807, 2.05) is 0 Å². The van der Waals surface area contributed by atoms with Crippen molar-refractivity contribution < 1.29 is 9.47 Å². The van der Waals surface area contributed by atoms with Crippen molar-refractivity contribution >= 4 is 0 Å². The molecule has 0 spiro atoms. The lowest BCUT2D eigenvalue weighted by Gasteiger charge is -2.51. The van der Waals surface area contributed by atoms with Gasteiger partial charge in [-0.3, -0.25) is 0 Å². The van der Waals surface area contributed by atoms with Gasteiger partial charge in [0, 0.05) is 19.1 Å². The highest BCUT2D eigenvalue weighted by Crippen LogP contribution is 2.59. The Bertz CT molecular complexity index is 423. The molecule has 3 atom stereocenters.